The average Bonchev–Trinajstić information content (AvgIpc) is 2.76. The second kappa shape index (κ2) is 4.56. The van der Waals surface area contributed by atoms with Crippen LogP contribution in [0.25, 0.3) is 10.9 Å². The summed E-state index contributed by atoms with van der Waals surface area (Å²) in [6.45, 7) is 7.12. The highest BCUT2D eigenvalue weighted by molar-refractivity contribution is 6.31. The molecular formula is C17H22ClN. The Morgan fingerprint density at radius 2 is 2.16 bits per heavy atom. The van der Waals surface area contributed by atoms with Crippen LogP contribution in [0, 0.1) is 11.3 Å². The zero-order valence-electron chi connectivity index (χ0n) is 12.0. The summed E-state index contributed by atoms with van der Waals surface area (Å²) < 4.78 is 0. The van der Waals surface area contributed by atoms with Crippen LogP contribution in [0.4, 0.5) is 0 Å². The molecule has 0 saturated carbocycles. The van der Waals surface area contributed by atoms with E-state index in [1.165, 1.54) is 47.8 Å². The molecule has 0 saturated heterocycles. The minimum absolute atomic E-state index is 0.430. The lowest BCUT2D eigenvalue weighted by Gasteiger charge is -2.36. The molecule has 0 bridgehead atoms. The maximum absolute atomic E-state index is 6.16. The average molecular weight is 276 g/mol. The first-order valence-corrected chi connectivity index (χ1v) is 7.68. The monoisotopic (exact) mass is 275 g/mol. The van der Waals surface area contributed by atoms with E-state index in [0.717, 1.165) is 10.9 Å². The van der Waals surface area contributed by atoms with Gasteiger partial charge in [0.05, 0.1) is 0 Å². The van der Waals surface area contributed by atoms with Crippen LogP contribution in [-0.4, -0.2) is 4.98 Å². The van der Waals surface area contributed by atoms with Crippen molar-refractivity contribution in [1.82, 2.24) is 4.98 Å². The lowest BCUT2D eigenvalue weighted by atomic mass is 9.69. The molecule has 19 heavy (non-hydrogen) atoms. The Labute approximate surface area is 120 Å². The lowest BCUT2D eigenvalue weighted by Crippen LogP contribution is -2.28. The maximum atomic E-state index is 6.16. The van der Waals surface area contributed by atoms with Gasteiger partial charge in [-0.25, -0.2) is 0 Å². The van der Waals surface area contributed by atoms with Gasteiger partial charge in [-0.05, 0) is 54.4 Å². The number of H-pyrrole nitrogens is 1. The molecule has 1 aliphatic carbocycles. The van der Waals surface area contributed by atoms with E-state index in [-0.39, 0.29) is 0 Å². The van der Waals surface area contributed by atoms with Crippen molar-refractivity contribution in [3.05, 3.63) is 34.5 Å². The molecule has 0 amide bonds. The molecule has 2 heteroatoms. The van der Waals surface area contributed by atoms with Gasteiger partial charge >= 0.3 is 0 Å². The molecule has 102 valence electrons. The number of rotatable bonds is 2. The molecule has 1 nitrogen and oxygen atoms in total. The first kappa shape index (κ1) is 13.1. The summed E-state index contributed by atoms with van der Waals surface area (Å²) in [5.74, 6) is 0.781. The second-order valence-electron chi connectivity index (χ2n) is 6.55. The largest absolute Gasteiger partial charge is 0.358 e. The number of aromatic nitrogens is 1. The summed E-state index contributed by atoms with van der Waals surface area (Å²) in [6.07, 6.45) is 4.91. The standard InChI is InChI=1S/C17H22ClN/c1-4-17(2,3)11-5-7-15-13(9-11)14-10-12(18)6-8-16(14)19-15/h6,8,10-11,19H,4-5,7,9H2,1-3H3. The zero-order valence-corrected chi connectivity index (χ0v) is 12.8. The van der Waals surface area contributed by atoms with E-state index in [2.05, 4.69) is 37.9 Å². The number of aromatic amines is 1. The molecule has 1 aromatic carbocycles. The third-order valence-corrected chi connectivity index (χ3v) is 5.40. The summed E-state index contributed by atoms with van der Waals surface area (Å²) in [4.78, 5) is 3.57. The first-order chi connectivity index (χ1) is 9.01. The highest BCUT2D eigenvalue weighted by Crippen LogP contribution is 2.42. The Balaban J connectivity index is 2.04. The molecule has 0 fully saturated rings. The highest BCUT2D eigenvalue weighted by atomic mass is 35.5. The molecule has 0 radical (unpaired) electrons. The van der Waals surface area contributed by atoms with Crippen molar-refractivity contribution >= 4 is 22.5 Å². The lowest BCUT2D eigenvalue weighted by molar-refractivity contribution is 0.183. The molecule has 0 aliphatic heterocycles. The molecule has 1 unspecified atom stereocenters. The van der Waals surface area contributed by atoms with E-state index in [0.29, 0.717) is 5.41 Å². The minimum atomic E-state index is 0.430. The van der Waals surface area contributed by atoms with Crippen molar-refractivity contribution in [3.8, 4) is 0 Å². The van der Waals surface area contributed by atoms with E-state index >= 15 is 0 Å². The van der Waals surface area contributed by atoms with Gasteiger partial charge < -0.3 is 4.98 Å². The summed E-state index contributed by atoms with van der Waals surface area (Å²) >= 11 is 6.16. The summed E-state index contributed by atoms with van der Waals surface area (Å²) in [5, 5.41) is 2.17. The minimum Gasteiger partial charge on any atom is -0.358 e. The fourth-order valence-electron chi connectivity index (χ4n) is 3.34. The summed E-state index contributed by atoms with van der Waals surface area (Å²) in [6, 6.07) is 6.20. The Morgan fingerprint density at radius 1 is 1.37 bits per heavy atom. The number of benzene rings is 1. The van der Waals surface area contributed by atoms with E-state index in [4.69, 9.17) is 11.6 Å². The van der Waals surface area contributed by atoms with Crippen LogP contribution in [0.1, 0.15) is 44.9 Å². The van der Waals surface area contributed by atoms with E-state index in [1.807, 2.05) is 6.07 Å². The smallest absolute Gasteiger partial charge is 0.0460 e. The fraction of sp³-hybridized carbons (Fsp3) is 0.529. The van der Waals surface area contributed by atoms with Gasteiger partial charge in [0.1, 0.15) is 0 Å². The predicted molar refractivity (Wildman–Crippen MR) is 82.9 cm³/mol. The Kier molecular flexibility index (Phi) is 3.13. The maximum Gasteiger partial charge on any atom is 0.0460 e. The molecule has 3 rings (SSSR count). The van der Waals surface area contributed by atoms with Gasteiger partial charge in [0.25, 0.3) is 0 Å². The predicted octanol–water partition coefficient (Wildman–Crippen LogP) is 5.36. The topological polar surface area (TPSA) is 15.8 Å². The van der Waals surface area contributed by atoms with Crippen molar-refractivity contribution in [2.75, 3.05) is 0 Å². The second-order valence-corrected chi connectivity index (χ2v) is 6.99. The van der Waals surface area contributed by atoms with Crippen LogP contribution in [0.3, 0.4) is 0 Å². The van der Waals surface area contributed by atoms with Crippen LogP contribution in [0.2, 0.25) is 5.02 Å². The molecule has 0 spiro atoms. The quantitative estimate of drug-likeness (QED) is 0.759. The molecule has 2 aromatic rings. The number of halogens is 1. The van der Waals surface area contributed by atoms with E-state index < -0.39 is 0 Å². The normalized spacial score (nSPS) is 19.7. The SMILES string of the molecule is CCC(C)(C)C1CCc2[nH]c3ccc(Cl)cc3c2C1. The third kappa shape index (κ3) is 2.18. The molecule has 1 atom stereocenters. The van der Waals surface area contributed by atoms with Crippen molar-refractivity contribution in [3.63, 3.8) is 0 Å². The molecular weight excluding hydrogens is 254 g/mol. The van der Waals surface area contributed by atoms with Crippen LogP contribution < -0.4 is 0 Å². The van der Waals surface area contributed by atoms with Crippen LogP contribution in [0.15, 0.2) is 18.2 Å². The van der Waals surface area contributed by atoms with Crippen LogP contribution in [0.5, 0.6) is 0 Å². The summed E-state index contributed by atoms with van der Waals surface area (Å²) in [5.41, 5.74) is 4.61. The first-order valence-electron chi connectivity index (χ1n) is 7.30. The van der Waals surface area contributed by atoms with E-state index in [1.54, 1.807) is 0 Å². The number of hydrogen-bond donors (Lipinski definition) is 1. The molecule has 1 heterocycles. The van der Waals surface area contributed by atoms with Gasteiger partial charge in [0.15, 0.2) is 0 Å². The molecule has 1 aliphatic rings. The van der Waals surface area contributed by atoms with Gasteiger partial charge in [-0.2, -0.15) is 0 Å². The Bertz CT molecular complexity index is 609. The Hall–Kier alpha value is -0.950. The van der Waals surface area contributed by atoms with Crippen molar-refractivity contribution in [2.24, 2.45) is 11.3 Å². The highest BCUT2D eigenvalue weighted by Gasteiger charge is 2.32. The molecule has 1 N–H and O–H groups in total. The van der Waals surface area contributed by atoms with Gasteiger partial charge in [-0.1, -0.05) is 38.8 Å². The zero-order chi connectivity index (χ0) is 13.6. The Morgan fingerprint density at radius 3 is 2.89 bits per heavy atom. The van der Waals surface area contributed by atoms with Crippen molar-refractivity contribution < 1.29 is 0 Å². The third-order valence-electron chi connectivity index (χ3n) is 5.17. The van der Waals surface area contributed by atoms with Crippen LogP contribution >= 0.6 is 11.6 Å². The van der Waals surface area contributed by atoms with Gasteiger partial charge in [0.2, 0.25) is 0 Å². The van der Waals surface area contributed by atoms with E-state index in [9.17, 15) is 0 Å². The number of nitrogens with one attached hydrogen (secondary N) is 1. The van der Waals surface area contributed by atoms with Crippen LogP contribution in [-0.2, 0) is 12.8 Å². The number of aryl methyl sites for hydroxylation is 1. The molecule has 1 aromatic heterocycles. The number of hydrogen-bond acceptors (Lipinski definition) is 0. The fourth-order valence-corrected chi connectivity index (χ4v) is 3.52. The summed E-state index contributed by atoms with van der Waals surface area (Å²) in [7, 11) is 0. The number of fused-ring (bicyclic) bond motifs is 3. The van der Waals surface area contributed by atoms with Gasteiger partial charge in [0, 0.05) is 21.6 Å². The van der Waals surface area contributed by atoms with Gasteiger partial charge in [-0.3, -0.25) is 0 Å². The van der Waals surface area contributed by atoms with Gasteiger partial charge in [-0.15, -0.1) is 0 Å². The van der Waals surface area contributed by atoms with Crippen molar-refractivity contribution in [2.45, 2.75) is 46.5 Å². The van der Waals surface area contributed by atoms with Crippen molar-refractivity contribution in [1.29, 1.82) is 0 Å².